The third-order valence-corrected chi connectivity index (χ3v) is 3.76. The van der Waals surface area contributed by atoms with E-state index in [1.807, 2.05) is 0 Å². The molecule has 3 heteroatoms. The van der Waals surface area contributed by atoms with E-state index in [9.17, 15) is 0 Å². The third-order valence-electron chi connectivity index (χ3n) is 2.68. The Kier molecular flexibility index (Phi) is 3.56. The van der Waals surface area contributed by atoms with Crippen LogP contribution in [-0.2, 0) is 17.9 Å². The maximum atomic E-state index is 5.82. The van der Waals surface area contributed by atoms with E-state index in [-0.39, 0.29) is 0 Å². The highest BCUT2D eigenvalue weighted by Gasteiger charge is 2.15. The van der Waals surface area contributed by atoms with Crippen LogP contribution >= 0.6 is 11.3 Å². The number of thiophene rings is 1. The van der Waals surface area contributed by atoms with Gasteiger partial charge in [-0.3, -0.25) is 0 Å². The number of rotatable bonds is 4. The van der Waals surface area contributed by atoms with Crippen molar-refractivity contribution >= 4 is 11.3 Å². The molecule has 0 aliphatic heterocycles. The monoisotopic (exact) mass is 211 g/mol. The van der Waals surface area contributed by atoms with Crippen LogP contribution in [0.5, 0.6) is 0 Å². The van der Waals surface area contributed by atoms with Crippen LogP contribution in [0.25, 0.3) is 0 Å². The van der Waals surface area contributed by atoms with Crippen LogP contribution in [0.2, 0.25) is 0 Å². The maximum Gasteiger partial charge on any atom is 0.0813 e. The molecule has 0 spiro atoms. The first-order valence-corrected chi connectivity index (χ1v) is 6.09. The van der Waals surface area contributed by atoms with Crippen molar-refractivity contribution in [1.82, 2.24) is 0 Å². The van der Waals surface area contributed by atoms with E-state index in [1.54, 1.807) is 11.3 Å². The van der Waals surface area contributed by atoms with Gasteiger partial charge < -0.3 is 10.5 Å². The molecule has 1 aliphatic carbocycles. The van der Waals surface area contributed by atoms with Gasteiger partial charge in [0.1, 0.15) is 0 Å². The average molecular weight is 211 g/mol. The molecular weight excluding hydrogens is 194 g/mol. The van der Waals surface area contributed by atoms with E-state index >= 15 is 0 Å². The van der Waals surface area contributed by atoms with Gasteiger partial charge in [-0.15, -0.1) is 11.3 Å². The van der Waals surface area contributed by atoms with Gasteiger partial charge in [0.15, 0.2) is 0 Å². The summed E-state index contributed by atoms with van der Waals surface area (Å²) in [5.41, 5.74) is 5.55. The summed E-state index contributed by atoms with van der Waals surface area (Å²) in [6.07, 6.45) is 5.68. The molecule has 0 atom stereocenters. The second kappa shape index (κ2) is 4.91. The van der Waals surface area contributed by atoms with Crippen molar-refractivity contribution in [3.05, 3.63) is 21.9 Å². The zero-order chi connectivity index (χ0) is 9.80. The van der Waals surface area contributed by atoms with Gasteiger partial charge in [-0.1, -0.05) is 12.8 Å². The molecule has 14 heavy (non-hydrogen) atoms. The smallest absolute Gasteiger partial charge is 0.0813 e. The molecule has 1 saturated carbocycles. The van der Waals surface area contributed by atoms with E-state index in [2.05, 4.69) is 12.1 Å². The number of nitrogens with two attached hydrogens (primary N) is 1. The molecule has 1 aromatic heterocycles. The fourth-order valence-corrected chi connectivity index (χ4v) is 2.68. The van der Waals surface area contributed by atoms with Crippen LogP contribution in [0.15, 0.2) is 12.1 Å². The normalized spacial score (nSPS) is 17.8. The fourth-order valence-electron chi connectivity index (χ4n) is 1.86. The Hall–Kier alpha value is -0.380. The third kappa shape index (κ3) is 2.56. The highest BCUT2D eigenvalue weighted by molar-refractivity contribution is 7.11. The molecule has 1 aliphatic rings. The zero-order valence-electron chi connectivity index (χ0n) is 8.37. The molecule has 0 bridgehead atoms. The van der Waals surface area contributed by atoms with Gasteiger partial charge in [-0.2, -0.15) is 0 Å². The summed E-state index contributed by atoms with van der Waals surface area (Å²) < 4.78 is 5.82. The standard InChI is InChI=1S/C11H17NOS/c12-7-10-5-6-11(14-10)8-13-9-3-1-2-4-9/h5-6,9H,1-4,7-8,12H2. The molecule has 2 rings (SSSR count). The largest absolute Gasteiger partial charge is 0.373 e. The van der Waals surface area contributed by atoms with Gasteiger partial charge in [-0.25, -0.2) is 0 Å². The van der Waals surface area contributed by atoms with Crippen LogP contribution in [0, 0.1) is 0 Å². The second-order valence-corrected chi connectivity index (χ2v) is 5.04. The lowest BCUT2D eigenvalue weighted by Crippen LogP contribution is -2.06. The van der Waals surface area contributed by atoms with Gasteiger partial charge in [0.25, 0.3) is 0 Å². The number of ether oxygens (including phenoxy) is 1. The highest BCUT2D eigenvalue weighted by Crippen LogP contribution is 2.23. The molecular formula is C11H17NOS. The Morgan fingerprint density at radius 2 is 2.00 bits per heavy atom. The van der Waals surface area contributed by atoms with E-state index in [4.69, 9.17) is 10.5 Å². The molecule has 2 nitrogen and oxygen atoms in total. The Bertz CT molecular complexity index is 279. The average Bonchev–Trinajstić information content (AvgIpc) is 2.86. The quantitative estimate of drug-likeness (QED) is 0.831. The van der Waals surface area contributed by atoms with Gasteiger partial charge in [0.05, 0.1) is 12.7 Å². The Balaban J connectivity index is 1.79. The lowest BCUT2D eigenvalue weighted by molar-refractivity contribution is 0.0473. The molecule has 2 N–H and O–H groups in total. The van der Waals surface area contributed by atoms with Crippen molar-refractivity contribution in [2.75, 3.05) is 0 Å². The van der Waals surface area contributed by atoms with E-state index in [0.717, 1.165) is 6.61 Å². The van der Waals surface area contributed by atoms with Crippen LogP contribution in [0.4, 0.5) is 0 Å². The SMILES string of the molecule is NCc1ccc(COC2CCCC2)s1. The maximum absolute atomic E-state index is 5.82. The van der Waals surface area contributed by atoms with Crippen molar-refractivity contribution in [2.24, 2.45) is 5.73 Å². The summed E-state index contributed by atoms with van der Waals surface area (Å²) in [7, 11) is 0. The van der Waals surface area contributed by atoms with Crippen LogP contribution in [0.3, 0.4) is 0 Å². The zero-order valence-corrected chi connectivity index (χ0v) is 9.19. The minimum atomic E-state index is 0.512. The minimum absolute atomic E-state index is 0.512. The molecule has 1 heterocycles. The molecule has 0 aromatic carbocycles. The molecule has 0 unspecified atom stereocenters. The van der Waals surface area contributed by atoms with Crippen molar-refractivity contribution in [3.63, 3.8) is 0 Å². The summed E-state index contributed by atoms with van der Waals surface area (Å²) in [5, 5.41) is 0. The van der Waals surface area contributed by atoms with Gasteiger partial charge >= 0.3 is 0 Å². The van der Waals surface area contributed by atoms with Crippen molar-refractivity contribution in [2.45, 2.75) is 44.9 Å². The summed E-state index contributed by atoms with van der Waals surface area (Å²) in [4.78, 5) is 2.55. The van der Waals surface area contributed by atoms with Crippen LogP contribution in [-0.4, -0.2) is 6.10 Å². The summed E-state index contributed by atoms with van der Waals surface area (Å²) in [6, 6.07) is 4.22. The van der Waals surface area contributed by atoms with E-state index < -0.39 is 0 Å². The summed E-state index contributed by atoms with van der Waals surface area (Å²) >= 11 is 1.77. The first-order chi connectivity index (χ1) is 6.88. The van der Waals surface area contributed by atoms with Crippen molar-refractivity contribution < 1.29 is 4.74 Å². The van der Waals surface area contributed by atoms with Gasteiger partial charge in [0, 0.05) is 16.3 Å². The predicted octanol–water partition coefficient (Wildman–Crippen LogP) is 2.67. The molecule has 0 radical (unpaired) electrons. The van der Waals surface area contributed by atoms with E-state index in [1.165, 1.54) is 35.4 Å². The Labute approximate surface area is 89.1 Å². The van der Waals surface area contributed by atoms with Crippen molar-refractivity contribution in [1.29, 1.82) is 0 Å². The Morgan fingerprint density at radius 3 is 2.64 bits per heavy atom. The lowest BCUT2D eigenvalue weighted by Gasteiger charge is -2.09. The molecule has 0 saturated heterocycles. The van der Waals surface area contributed by atoms with E-state index in [0.29, 0.717) is 12.6 Å². The molecule has 1 aromatic rings. The molecule has 1 fully saturated rings. The molecule has 78 valence electrons. The minimum Gasteiger partial charge on any atom is -0.373 e. The number of hydrogen-bond donors (Lipinski definition) is 1. The highest BCUT2D eigenvalue weighted by atomic mass is 32.1. The second-order valence-electron chi connectivity index (χ2n) is 3.79. The number of hydrogen-bond acceptors (Lipinski definition) is 3. The fraction of sp³-hybridized carbons (Fsp3) is 0.636. The van der Waals surface area contributed by atoms with Crippen LogP contribution < -0.4 is 5.73 Å². The lowest BCUT2D eigenvalue weighted by atomic mass is 10.3. The van der Waals surface area contributed by atoms with Gasteiger partial charge in [0.2, 0.25) is 0 Å². The van der Waals surface area contributed by atoms with Crippen LogP contribution in [0.1, 0.15) is 35.4 Å². The predicted molar refractivity (Wildman–Crippen MR) is 59.3 cm³/mol. The first-order valence-electron chi connectivity index (χ1n) is 5.28. The first kappa shape index (κ1) is 10.1. The topological polar surface area (TPSA) is 35.2 Å². The van der Waals surface area contributed by atoms with Gasteiger partial charge in [-0.05, 0) is 25.0 Å². The van der Waals surface area contributed by atoms with Crippen molar-refractivity contribution in [3.8, 4) is 0 Å². The summed E-state index contributed by atoms with van der Waals surface area (Å²) in [5.74, 6) is 0. The molecule has 0 amide bonds. The summed E-state index contributed by atoms with van der Waals surface area (Å²) in [6.45, 7) is 1.42. The Morgan fingerprint density at radius 1 is 1.29 bits per heavy atom.